The Balaban J connectivity index is 0.000000129. The average Bonchev–Trinajstić information content (AvgIpc) is 1.64. The highest BCUT2D eigenvalue weighted by Crippen LogP contribution is 2.36. The van der Waals surface area contributed by atoms with Crippen molar-refractivity contribution in [2.75, 3.05) is 52.4 Å². The van der Waals surface area contributed by atoms with Crippen LogP contribution in [0.1, 0.15) is 181 Å². The molecule has 4 aliphatic heterocycles. The summed E-state index contributed by atoms with van der Waals surface area (Å²) in [6.45, 7) is 24.7. The highest BCUT2D eigenvalue weighted by Gasteiger charge is 2.34. The zero-order chi connectivity index (χ0) is 88.1. The molecule has 16 aromatic heterocycles. The lowest BCUT2D eigenvalue weighted by molar-refractivity contribution is 0.0174. The van der Waals surface area contributed by atoms with Gasteiger partial charge in [0.25, 0.3) is 0 Å². The summed E-state index contributed by atoms with van der Waals surface area (Å²) in [4.78, 5) is 73.1. The predicted molar refractivity (Wildman–Crippen MR) is 481 cm³/mol. The van der Waals surface area contributed by atoms with Crippen LogP contribution < -0.4 is 0 Å². The molecule has 0 bridgehead atoms. The first-order valence-corrected chi connectivity index (χ1v) is 44.7. The number of imidazole rings is 3. The van der Waals surface area contributed by atoms with Crippen molar-refractivity contribution in [2.45, 2.75) is 206 Å². The number of halogens is 1. The molecule has 0 unspecified atom stereocenters. The topological polar surface area (TPSA) is 333 Å². The fourth-order valence-electron chi connectivity index (χ4n) is 17.9. The normalized spacial score (nSPS) is 16.5. The number of hydrogen-bond acceptors (Lipinski definition) is 22. The van der Waals surface area contributed by atoms with Crippen molar-refractivity contribution >= 4 is 79.9 Å². The average molecular weight is 1750 g/mol. The molecule has 16 aromatic rings. The summed E-state index contributed by atoms with van der Waals surface area (Å²) in [5.41, 5.74) is 16.7. The third kappa shape index (κ3) is 18.6. The molecule has 0 N–H and O–H groups in total. The van der Waals surface area contributed by atoms with Gasteiger partial charge in [-0.3, -0.25) is 47.7 Å². The first-order valence-electron chi connectivity index (χ1n) is 44.4. The molecule has 35 nitrogen and oxygen atoms in total. The lowest BCUT2D eigenvalue weighted by Crippen LogP contribution is -2.42. The van der Waals surface area contributed by atoms with E-state index in [1.807, 2.05) is 212 Å². The van der Waals surface area contributed by atoms with Crippen molar-refractivity contribution in [2.24, 2.45) is 0 Å². The third-order valence-corrected chi connectivity index (χ3v) is 24.8. The van der Waals surface area contributed by atoms with Gasteiger partial charge in [0.1, 0.15) is 44.2 Å². The summed E-state index contributed by atoms with van der Waals surface area (Å²) < 4.78 is 36.3. The minimum Gasteiger partial charge on any atom is -0.444 e. The smallest absolute Gasteiger partial charge is 0.410 e. The number of rotatable bonds is 15. The Labute approximate surface area is 743 Å². The molecule has 0 aromatic carbocycles. The van der Waals surface area contributed by atoms with Crippen LogP contribution in [-0.4, -0.2) is 235 Å². The van der Waals surface area contributed by atoms with E-state index >= 15 is 0 Å². The fraction of sp³-hybridized carbons (Fsp3) is 0.435. The lowest BCUT2D eigenvalue weighted by Gasteiger charge is -2.36. The Kier molecular flexibility index (Phi) is 23.1. The van der Waals surface area contributed by atoms with E-state index in [1.165, 1.54) is 51.6 Å². The quantitative estimate of drug-likeness (QED) is 0.0860. The van der Waals surface area contributed by atoms with Crippen LogP contribution in [0.15, 0.2) is 172 Å². The molecule has 20 heterocycles. The summed E-state index contributed by atoms with van der Waals surface area (Å²) in [6.07, 6.45) is 46.5. The number of nitrogens with zero attached hydrogens (tertiary/aromatic N) is 29. The van der Waals surface area contributed by atoms with Crippen molar-refractivity contribution in [1.29, 1.82) is 0 Å². The van der Waals surface area contributed by atoms with Crippen LogP contribution in [0.3, 0.4) is 0 Å². The van der Waals surface area contributed by atoms with Gasteiger partial charge in [0.05, 0.1) is 145 Å². The number of pyridine rings is 4. The molecule has 1 aliphatic carbocycles. The first-order chi connectivity index (χ1) is 61.8. The molecule has 1 saturated carbocycles. The number of likely N-dealkylation sites (tertiary alicyclic amines) is 4. The second-order valence-corrected chi connectivity index (χ2v) is 37.4. The first kappa shape index (κ1) is 84.2. The van der Waals surface area contributed by atoms with Crippen molar-refractivity contribution in [1.82, 2.24) is 142 Å². The number of aromatic nitrogens is 25. The van der Waals surface area contributed by atoms with E-state index < -0.39 is 16.8 Å². The van der Waals surface area contributed by atoms with Gasteiger partial charge < -0.3 is 38.2 Å². The number of amides is 3. The van der Waals surface area contributed by atoms with E-state index in [0.717, 1.165) is 156 Å². The van der Waals surface area contributed by atoms with Crippen molar-refractivity contribution in [3.05, 3.63) is 194 Å². The predicted octanol–water partition coefficient (Wildman–Crippen LogP) is 15.6. The molecule has 0 atom stereocenters. The van der Waals surface area contributed by atoms with Gasteiger partial charge in [0, 0.05) is 147 Å². The molecule has 36 heteroatoms. The van der Waals surface area contributed by atoms with Gasteiger partial charge in [0.2, 0.25) is 0 Å². The van der Waals surface area contributed by atoms with Gasteiger partial charge in [-0.1, -0.05) is 30.5 Å². The van der Waals surface area contributed by atoms with Crippen LogP contribution in [-0.2, 0) is 33.8 Å². The molecule has 3 amide bonds. The maximum atomic E-state index is 12.5. The summed E-state index contributed by atoms with van der Waals surface area (Å²) in [5.74, 6) is 0. The highest BCUT2D eigenvalue weighted by molar-refractivity contribution is 6.29. The molecular formula is C92H106ClN29O6. The van der Waals surface area contributed by atoms with E-state index in [-0.39, 0.29) is 36.4 Å². The number of hydrogen-bond donors (Lipinski definition) is 0. The standard InChI is InChI=1S/C39H48N12O4.C27H30N8.C26H28ClN9O2/c1-38(2,3)54-36(52)46-13-9-29(10-14-46)48-23-27(19-42-48)26-17-34-33(40-18-26)22-44-50(34)25-31-21-41-35-8-7-32(45-51(31)35)28-20-43-49(24-28)30-11-15-47(16-12-30)37(53)55-39(4,5)6;1-2-6-22(5-1)32-11-8-23(9-12-32)34-18-21(15-30-34)20-13-26-25(28-14-20)17-31-35(26)19-24-16-29-27-7-3-4-10-33(24)27;1-26(2,3)38-25(37)33-8-6-19(7-9-33)34-15-18(12-30-34)17-10-22-21(28-11-17)14-31-35(22)16-20-13-29-24-5-4-23(27)32-36(20)24/h7-8,17-24,29-30H,9-16,25H2,1-6H3;3-4,7,10,13-18,22-23H,1-2,5-6,8-9,11-12,19H2;4-5,10-15,19H,6-9,16H2,1-3H3. The Hall–Kier alpha value is -13.3. The molecule has 662 valence electrons. The van der Waals surface area contributed by atoms with E-state index in [2.05, 4.69) is 95.1 Å². The summed E-state index contributed by atoms with van der Waals surface area (Å²) in [7, 11) is 0. The molecular weight excluding hydrogens is 1640 g/mol. The number of carbonyl (C=O) groups is 3. The van der Waals surface area contributed by atoms with E-state index in [9.17, 15) is 14.4 Å². The number of ether oxygens (including phenoxy) is 3. The molecule has 5 fully saturated rings. The molecule has 0 radical (unpaired) electrons. The maximum absolute atomic E-state index is 12.5. The zero-order valence-corrected chi connectivity index (χ0v) is 74.4. The highest BCUT2D eigenvalue weighted by atomic mass is 35.5. The van der Waals surface area contributed by atoms with Crippen LogP contribution >= 0.6 is 11.6 Å². The maximum Gasteiger partial charge on any atom is 0.410 e. The number of piperidine rings is 4. The third-order valence-electron chi connectivity index (χ3n) is 24.6. The monoisotopic (exact) mass is 1750 g/mol. The van der Waals surface area contributed by atoms with Gasteiger partial charge in [-0.2, -0.15) is 45.9 Å². The largest absolute Gasteiger partial charge is 0.444 e. The van der Waals surface area contributed by atoms with Gasteiger partial charge in [0.15, 0.2) is 11.3 Å². The summed E-state index contributed by atoms with van der Waals surface area (Å²) in [5, 5.41) is 42.4. The zero-order valence-electron chi connectivity index (χ0n) is 73.6. The summed E-state index contributed by atoms with van der Waals surface area (Å²) in [6, 6.07) is 21.8. The van der Waals surface area contributed by atoms with Crippen molar-refractivity contribution in [3.63, 3.8) is 0 Å². The van der Waals surface area contributed by atoms with Gasteiger partial charge in [-0.05, 0) is 181 Å². The second-order valence-electron chi connectivity index (χ2n) is 37.0. The molecule has 128 heavy (non-hydrogen) atoms. The minimum atomic E-state index is -0.514. The Morgan fingerprint density at radius 2 is 0.727 bits per heavy atom. The van der Waals surface area contributed by atoms with Crippen LogP contribution in [0.5, 0.6) is 0 Å². The van der Waals surface area contributed by atoms with Crippen LogP contribution in [0.2, 0.25) is 5.15 Å². The Bertz CT molecular complexity index is 6490. The molecule has 0 spiro atoms. The molecule has 5 aliphatic rings. The van der Waals surface area contributed by atoms with Gasteiger partial charge in [-0.25, -0.2) is 38.4 Å². The van der Waals surface area contributed by atoms with Crippen LogP contribution in [0.25, 0.3) is 94.7 Å². The summed E-state index contributed by atoms with van der Waals surface area (Å²) >= 11 is 6.09. The van der Waals surface area contributed by atoms with Crippen molar-refractivity contribution in [3.8, 4) is 44.6 Å². The van der Waals surface area contributed by atoms with Gasteiger partial charge in [-0.15, -0.1) is 0 Å². The lowest BCUT2D eigenvalue weighted by atomic mass is 10.0. The fourth-order valence-corrected chi connectivity index (χ4v) is 18.0. The van der Waals surface area contributed by atoms with E-state index in [4.69, 9.17) is 51.1 Å². The van der Waals surface area contributed by atoms with Crippen LogP contribution in [0, 0.1) is 0 Å². The Morgan fingerprint density at radius 3 is 1.15 bits per heavy atom. The van der Waals surface area contributed by atoms with Crippen LogP contribution in [0.4, 0.5) is 14.4 Å². The second kappa shape index (κ2) is 35.1. The number of fused-ring (bicyclic) bond motifs is 6. The van der Waals surface area contributed by atoms with E-state index in [1.54, 1.807) is 43.9 Å². The number of carbonyl (C=O) groups excluding carboxylic acids is 3. The van der Waals surface area contributed by atoms with Crippen molar-refractivity contribution < 1.29 is 28.6 Å². The molecule has 4 saturated heterocycles. The van der Waals surface area contributed by atoms with Gasteiger partial charge >= 0.3 is 18.3 Å². The molecule has 21 rings (SSSR count). The van der Waals surface area contributed by atoms with E-state index in [0.29, 0.717) is 70.1 Å². The Morgan fingerprint density at radius 1 is 0.359 bits per heavy atom. The minimum absolute atomic E-state index is 0.185. The SMILES string of the molecule is CC(C)(C)OC(=O)N1CCC(n2cc(-c3cnc4cnn(Cc5cnc6ccc(-c7cnn(C8CCN(C(=O)OC(C)(C)C)CC8)c7)nn56)c4c3)cn2)CC1.CC(C)(C)OC(=O)N1CCC(n2cc(-c3cnc4cnn(Cc5cnc6ccc(Cl)nn56)c4c3)cn2)CC1.c1ccn2c(Cn3ncc4ncc(-c5cnn(C6CCN(C7CCCC7)CC6)c5)cc43)cnc2c1.